The number of carboxylic acids is 2. The molecule has 2 bridgehead atoms. The minimum absolute atomic E-state index is 0.0571. The fraction of sp³-hybridized carbons (Fsp3) is 0.588. The van der Waals surface area contributed by atoms with Gasteiger partial charge in [0.25, 0.3) is 0 Å². The van der Waals surface area contributed by atoms with Gasteiger partial charge in [0.15, 0.2) is 6.10 Å². The van der Waals surface area contributed by atoms with Crippen LogP contribution in [-0.4, -0.2) is 86.7 Å². The lowest BCUT2D eigenvalue weighted by molar-refractivity contribution is -0.374. The van der Waals surface area contributed by atoms with Gasteiger partial charge in [-0.3, -0.25) is 0 Å². The van der Waals surface area contributed by atoms with Crippen LogP contribution in [0.5, 0.6) is 0 Å². The molecule has 0 amide bonds. The van der Waals surface area contributed by atoms with E-state index < -0.39 is 59.2 Å². The average molecular weight is 645 g/mol. The van der Waals surface area contributed by atoms with E-state index in [1.165, 1.54) is 0 Å². The van der Waals surface area contributed by atoms with Crippen molar-refractivity contribution < 1.29 is 58.6 Å². The van der Waals surface area contributed by atoms with E-state index in [2.05, 4.69) is 18.6 Å². The molecule has 0 unspecified atom stereocenters. The number of carboxylic acid groups (broad SMARTS) is 2. The van der Waals surface area contributed by atoms with Gasteiger partial charge >= 0.3 is 23.9 Å². The molecule has 4 N–H and O–H groups in total. The molecule has 2 saturated heterocycles. The Kier molecular flexibility index (Phi) is 10.5. The average Bonchev–Trinajstić information content (AvgIpc) is 3.10. The molecule has 4 rings (SSSR count). The predicted octanol–water partition coefficient (Wildman–Crippen LogP) is 3.27. The number of allylic oxidation sites excluding steroid dienone is 2. The molecule has 2 aliphatic heterocycles. The van der Waals surface area contributed by atoms with Crippen molar-refractivity contribution >= 4 is 30.0 Å². The van der Waals surface area contributed by atoms with E-state index in [0.29, 0.717) is 12.3 Å². The summed E-state index contributed by atoms with van der Waals surface area (Å²) in [5.74, 6) is -8.65. The third-order valence-electron chi connectivity index (χ3n) is 9.44. The zero-order valence-corrected chi connectivity index (χ0v) is 26.8. The van der Waals surface area contributed by atoms with E-state index in [0.717, 1.165) is 49.1 Å². The summed E-state index contributed by atoms with van der Waals surface area (Å²) in [7, 11) is 0.808. The molecule has 0 saturated carbocycles. The SMILES string of the molecule is CC[C@H](C)C[C@H](C)/C=C/C(=O)O[C@@H]1[C@@H](O)[C@@]2(CCC3=Cc4ccccc4C[C@@H](C)C3)O[C@H](C(=O)O)[C@@](O)(C(=O)OC)[C@]1(C(=O)O)O2. The van der Waals surface area contributed by atoms with E-state index in [9.17, 15) is 39.6 Å². The van der Waals surface area contributed by atoms with Gasteiger partial charge in [-0.15, -0.1) is 0 Å². The lowest BCUT2D eigenvalue weighted by atomic mass is 9.74. The van der Waals surface area contributed by atoms with Gasteiger partial charge in [0.2, 0.25) is 23.1 Å². The van der Waals surface area contributed by atoms with Crippen molar-refractivity contribution in [1.29, 1.82) is 0 Å². The number of hydrogen-bond donors (Lipinski definition) is 4. The summed E-state index contributed by atoms with van der Waals surface area (Å²) in [5.41, 5.74) is -3.86. The third kappa shape index (κ3) is 6.23. The maximum atomic E-state index is 13.1. The standard InChI is InChI=1S/C34H44O12/c1-6-19(2)15-20(3)11-12-25(35)44-27-26(36)32(14-13-22-16-21(4)17-23-9-7-8-10-24(23)18-22)45-28(29(37)38)33(42,31(41)43-5)34(27,46-32)30(39)40/h7-12,18-21,26-28,36,42H,6,13-17H2,1-5H3,(H,37,38)(H,39,40)/b12-11+/t19-,20+,21-,26+,27+,28+,32-,33+,34-/m0/s1. The molecule has 1 aliphatic carbocycles. The Labute approximate surface area is 268 Å². The van der Waals surface area contributed by atoms with Crippen LogP contribution in [0.1, 0.15) is 70.9 Å². The first-order valence-corrected chi connectivity index (χ1v) is 15.6. The van der Waals surface area contributed by atoms with Crippen molar-refractivity contribution in [3.63, 3.8) is 0 Å². The molecule has 1 aromatic rings. The van der Waals surface area contributed by atoms with Gasteiger partial charge in [-0.2, -0.15) is 0 Å². The zero-order chi connectivity index (χ0) is 34.0. The minimum atomic E-state index is -3.58. The number of benzene rings is 1. The largest absolute Gasteiger partial charge is 0.479 e. The maximum Gasteiger partial charge on any atom is 0.345 e. The van der Waals surface area contributed by atoms with Crippen LogP contribution in [0.15, 0.2) is 42.0 Å². The number of esters is 2. The van der Waals surface area contributed by atoms with Crippen LogP contribution in [0.2, 0.25) is 0 Å². The minimum Gasteiger partial charge on any atom is -0.479 e. The Hall–Kier alpha value is -3.58. The summed E-state index contributed by atoms with van der Waals surface area (Å²) in [6, 6.07) is 7.84. The van der Waals surface area contributed by atoms with Crippen molar-refractivity contribution in [3.05, 3.63) is 53.1 Å². The quantitative estimate of drug-likeness (QED) is 0.193. The molecule has 9 atom stereocenters. The highest BCUT2D eigenvalue weighted by atomic mass is 16.8. The zero-order valence-electron chi connectivity index (χ0n) is 26.8. The Morgan fingerprint density at radius 3 is 2.46 bits per heavy atom. The van der Waals surface area contributed by atoms with Gasteiger partial charge < -0.3 is 39.4 Å². The number of carbonyl (C=O) groups excluding carboxylic acids is 2. The van der Waals surface area contributed by atoms with E-state index in [1.54, 1.807) is 6.08 Å². The van der Waals surface area contributed by atoms with Crippen molar-refractivity contribution in [3.8, 4) is 0 Å². The highest BCUT2D eigenvalue weighted by Crippen LogP contribution is 2.56. The Morgan fingerprint density at radius 1 is 1.13 bits per heavy atom. The lowest BCUT2D eigenvalue weighted by Crippen LogP contribution is -2.78. The van der Waals surface area contributed by atoms with E-state index in [-0.39, 0.29) is 24.7 Å². The fourth-order valence-corrected chi connectivity index (χ4v) is 6.92. The first-order valence-electron chi connectivity index (χ1n) is 15.6. The van der Waals surface area contributed by atoms with Crippen LogP contribution < -0.4 is 0 Å². The van der Waals surface area contributed by atoms with Gasteiger partial charge in [0, 0.05) is 12.5 Å². The summed E-state index contributed by atoms with van der Waals surface area (Å²) in [4.78, 5) is 51.8. The van der Waals surface area contributed by atoms with Gasteiger partial charge in [-0.25, -0.2) is 19.2 Å². The number of carbonyl (C=O) groups is 4. The van der Waals surface area contributed by atoms with Crippen molar-refractivity contribution in [2.45, 2.75) is 102 Å². The first kappa shape index (κ1) is 35.3. The van der Waals surface area contributed by atoms with Crippen molar-refractivity contribution in [2.24, 2.45) is 17.8 Å². The first-order chi connectivity index (χ1) is 21.6. The van der Waals surface area contributed by atoms with E-state index in [4.69, 9.17) is 14.2 Å². The molecule has 2 heterocycles. The Bertz CT molecular complexity index is 1400. The number of aliphatic hydroxyl groups is 2. The Balaban J connectivity index is 1.75. The molecule has 2 fully saturated rings. The summed E-state index contributed by atoms with van der Waals surface area (Å²) >= 11 is 0. The van der Waals surface area contributed by atoms with E-state index >= 15 is 0 Å². The summed E-state index contributed by atoms with van der Waals surface area (Å²) in [5, 5.41) is 44.1. The smallest absolute Gasteiger partial charge is 0.345 e. The molecule has 3 aliphatic rings. The number of methoxy groups -OCH3 is 1. The second-order valence-corrected chi connectivity index (χ2v) is 13.0. The van der Waals surface area contributed by atoms with Gasteiger partial charge in [0.1, 0.15) is 6.10 Å². The normalized spacial score (nSPS) is 33.3. The highest BCUT2D eigenvalue weighted by Gasteiger charge is 2.86. The molecule has 46 heavy (non-hydrogen) atoms. The topological polar surface area (TPSA) is 186 Å². The summed E-state index contributed by atoms with van der Waals surface area (Å²) < 4.78 is 21.7. The van der Waals surface area contributed by atoms with Crippen molar-refractivity contribution in [1.82, 2.24) is 0 Å². The molecule has 12 nitrogen and oxygen atoms in total. The van der Waals surface area contributed by atoms with Gasteiger partial charge in [-0.05, 0) is 54.6 Å². The molecule has 1 aromatic carbocycles. The van der Waals surface area contributed by atoms with Crippen LogP contribution in [0, 0.1) is 17.8 Å². The predicted molar refractivity (Wildman–Crippen MR) is 163 cm³/mol. The number of aliphatic hydroxyl groups excluding tert-OH is 1. The molecule has 0 spiro atoms. The Morgan fingerprint density at radius 2 is 1.83 bits per heavy atom. The maximum absolute atomic E-state index is 13.1. The molecular formula is C34H44O12. The summed E-state index contributed by atoms with van der Waals surface area (Å²) in [6.45, 7) is 8.05. The molecule has 252 valence electrons. The number of fused-ring (bicyclic) bond motifs is 3. The number of rotatable bonds is 12. The number of ether oxygens (including phenoxy) is 4. The van der Waals surface area contributed by atoms with Crippen molar-refractivity contribution in [2.75, 3.05) is 7.11 Å². The second-order valence-electron chi connectivity index (χ2n) is 13.0. The summed E-state index contributed by atoms with van der Waals surface area (Å²) in [6.07, 6.45) is 0.623. The van der Waals surface area contributed by atoms with Crippen LogP contribution >= 0.6 is 0 Å². The monoisotopic (exact) mass is 644 g/mol. The van der Waals surface area contributed by atoms with E-state index in [1.807, 2.05) is 44.2 Å². The lowest BCUT2D eigenvalue weighted by Gasteiger charge is -2.49. The number of aliphatic carboxylic acids is 2. The fourth-order valence-electron chi connectivity index (χ4n) is 6.92. The second kappa shape index (κ2) is 13.6. The third-order valence-corrected chi connectivity index (χ3v) is 9.44. The van der Waals surface area contributed by atoms with Crippen LogP contribution in [0.4, 0.5) is 0 Å². The van der Waals surface area contributed by atoms with Crippen LogP contribution in [0.25, 0.3) is 6.08 Å². The van der Waals surface area contributed by atoms with Gasteiger partial charge in [0.05, 0.1) is 7.11 Å². The number of hydrogen-bond acceptors (Lipinski definition) is 10. The highest BCUT2D eigenvalue weighted by molar-refractivity contribution is 5.98. The molecule has 12 heteroatoms. The van der Waals surface area contributed by atoms with Crippen LogP contribution in [-0.2, 0) is 44.5 Å². The molecule has 0 radical (unpaired) electrons. The molecule has 0 aromatic heterocycles. The molecular weight excluding hydrogens is 600 g/mol. The van der Waals surface area contributed by atoms with Gasteiger partial charge in [-0.1, -0.05) is 76.1 Å². The van der Waals surface area contributed by atoms with Crippen LogP contribution in [0.3, 0.4) is 0 Å².